The molecule has 0 aliphatic rings. The molecule has 0 radical (unpaired) electrons. The van der Waals surface area contributed by atoms with Crippen LogP contribution in [0.25, 0.3) is 21.7 Å². The monoisotopic (exact) mass is 618 g/mol. The molecule has 10 nitrogen and oxygen atoms in total. The minimum Gasteiger partial charge on any atom is -0.404 e. The molecule has 0 saturated heterocycles. The number of nitrogens with one attached hydrogen (secondary N) is 4. The van der Waals surface area contributed by atoms with E-state index in [-0.39, 0.29) is 23.2 Å². The molecule has 1 atom stereocenters. The van der Waals surface area contributed by atoms with E-state index >= 15 is 0 Å². The fourth-order valence-electron chi connectivity index (χ4n) is 4.20. The maximum Gasteiger partial charge on any atom is 0.573 e. The Kier molecular flexibility index (Phi) is 10.6. The number of halogens is 4. The van der Waals surface area contributed by atoms with Gasteiger partial charge in [-0.25, -0.2) is 15.3 Å². The van der Waals surface area contributed by atoms with Crippen molar-refractivity contribution in [2.24, 2.45) is 9.88 Å². The third-order valence-electron chi connectivity index (χ3n) is 6.13. The number of alkyl halides is 3. The second kappa shape index (κ2) is 14.3. The number of aromatic nitrogens is 2. The van der Waals surface area contributed by atoms with Crippen molar-refractivity contribution >= 4 is 60.2 Å². The molecule has 2 heterocycles. The van der Waals surface area contributed by atoms with Crippen LogP contribution in [0.1, 0.15) is 24.0 Å². The molecule has 2 aromatic carbocycles. The first-order chi connectivity index (χ1) is 20.2. The summed E-state index contributed by atoms with van der Waals surface area (Å²) in [6, 6.07) is 11.5. The molecule has 1 amide bonds. The summed E-state index contributed by atoms with van der Waals surface area (Å²) in [6.45, 7) is 1.72. The van der Waals surface area contributed by atoms with E-state index in [1.807, 2.05) is 24.3 Å². The number of amidine groups is 1. The van der Waals surface area contributed by atoms with Crippen LogP contribution in [0.4, 0.5) is 19.0 Å². The fraction of sp³-hybridized carbons (Fsp3) is 0.259. The zero-order valence-electron chi connectivity index (χ0n) is 22.1. The van der Waals surface area contributed by atoms with E-state index in [9.17, 15) is 18.0 Å². The molecule has 0 saturated carbocycles. The van der Waals surface area contributed by atoms with Crippen LogP contribution >= 0.6 is 21.0 Å². The minimum atomic E-state index is -4.81. The lowest BCUT2D eigenvalue weighted by Crippen LogP contribution is -2.29. The van der Waals surface area contributed by atoms with Crippen molar-refractivity contribution in [1.82, 2.24) is 20.6 Å². The molecule has 0 aliphatic heterocycles. The summed E-state index contributed by atoms with van der Waals surface area (Å²) in [5.41, 5.74) is 9.36. The average Bonchev–Trinajstić information content (AvgIpc) is 2.96. The first-order valence-corrected chi connectivity index (χ1v) is 13.7. The van der Waals surface area contributed by atoms with Gasteiger partial charge in [-0.3, -0.25) is 9.78 Å². The highest BCUT2D eigenvalue weighted by molar-refractivity contribution is 7.15. The summed E-state index contributed by atoms with van der Waals surface area (Å²) >= 11 is 5.86. The molecule has 1 unspecified atom stereocenters. The van der Waals surface area contributed by atoms with Crippen molar-refractivity contribution < 1.29 is 22.7 Å². The van der Waals surface area contributed by atoms with Crippen molar-refractivity contribution in [2.45, 2.75) is 25.7 Å². The number of hydrogen-bond donors (Lipinski definition) is 4. The van der Waals surface area contributed by atoms with E-state index in [1.54, 1.807) is 12.4 Å². The van der Waals surface area contributed by atoms with Crippen LogP contribution in [0.15, 0.2) is 64.7 Å². The molecule has 4 N–H and O–H groups in total. The van der Waals surface area contributed by atoms with Crippen LogP contribution in [0.5, 0.6) is 5.75 Å². The Bertz CT molecular complexity index is 1620. The number of pyridine rings is 2. The Morgan fingerprint density at radius 2 is 1.90 bits per heavy atom. The van der Waals surface area contributed by atoms with Gasteiger partial charge in [0.25, 0.3) is 0 Å². The molecule has 220 valence electrons. The number of nitrogens with zero attached hydrogens (tertiary/aromatic N) is 4. The fourth-order valence-corrected chi connectivity index (χ4v) is 4.65. The lowest BCUT2D eigenvalue weighted by Gasteiger charge is -2.13. The molecular weight excluding hydrogens is 592 g/mol. The summed E-state index contributed by atoms with van der Waals surface area (Å²) in [4.78, 5) is 21.3. The molecule has 0 bridgehead atoms. The van der Waals surface area contributed by atoms with Gasteiger partial charge in [-0.15, -0.1) is 18.3 Å². The highest BCUT2D eigenvalue weighted by Crippen LogP contribution is 2.31. The number of ether oxygens (including phenoxy) is 1. The van der Waals surface area contributed by atoms with E-state index in [0.29, 0.717) is 55.1 Å². The Hall–Kier alpha value is -3.93. The number of rotatable bonds is 12. The second-order valence-electron chi connectivity index (χ2n) is 9.05. The molecule has 2 aromatic heterocycles. The highest BCUT2D eigenvalue weighted by Gasteiger charge is 2.32. The maximum absolute atomic E-state index is 12.4. The zero-order valence-corrected chi connectivity index (χ0v) is 24.0. The van der Waals surface area contributed by atoms with Crippen molar-refractivity contribution in [3.05, 3.63) is 71.0 Å². The summed E-state index contributed by atoms with van der Waals surface area (Å²) in [6.07, 6.45) is -0.449. The number of benzene rings is 2. The summed E-state index contributed by atoms with van der Waals surface area (Å²) in [5, 5.41) is 15.3. The van der Waals surface area contributed by atoms with Crippen LogP contribution < -0.4 is 20.7 Å². The van der Waals surface area contributed by atoms with Crippen molar-refractivity contribution in [1.29, 1.82) is 5.53 Å². The van der Waals surface area contributed by atoms with Crippen molar-refractivity contribution in [3.63, 3.8) is 0 Å². The Morgan fingerprint density at radius 3 is 2.64 bits per heavy atom. The van der Waals surface area contributed by atoms with Gasteiger partial charge in [-0.2, -0.15) is 0 Å². The van der Waals surface area contributed by atoms with Gasteiger partial charge >= 0.3 is 6.36 Å². The third kappa shape index (κ3) is 8.31. The highest BCUT2D eigenvalue weighted by atomic mass is 35.5. The Morgan fingerprint density at radius 1 is 1.07 bits per heavy atom. The van der Waals surface area contributed by atoms with E-state index in [1.165, 1.54) is 12.1 Å². The van der Waals surface area contributed by atoms with Gasteiger partial charge < -0.3 is 20.7 Å². The number of fused-ring (bicyclic) bond motifs is 3. The van der Waals surface area contributed by atoms with Gasteiger partial charge in [-0.05, 0) is 45.6 Å². The Labute approximate surface area is 246 Å². The van der Waals surface area contributed by atoms with Gasteiger partial charge in [-0.1, -0.05) is 29.8 Å². The third-order valence-corrected chi connectivity index (χ3v) is 6.67. The first-order valence-electron chi connectivity index (χ1n) is 12.8. The molecule has 42 heavy (non-hydrogen) atoms. The van der Waals surface area contributed by atoms with Crippen molar-refractivity contribution in [3.8, 4) is 5.75 Å². The van der Waals surface area contributed by atoms with Gasteiger partial charge in [0, 0.05) is 66.7 Å². The van der Waals surface area contributed by atoms with Gasteiger partial charge in [0.15, 0.2) is 5.84 Å². The van der Waals surface area contributed by atoms with Crippen LogP contribution in [0.2, 0.25) is 5.02 Å². The molecule has 0 aliphatic carbocycles. The molecule has 0 fully saturated rings. The minimum absolute atomic E-state index is 0.131. The molecule has 4 aromatic rings. The van der Waals surface area contributed by atoms with E-state index in [2.05, 4.69) is 44.9 Å². The molecule has 4 rings (SSSR count). The SMILES string of the molecule is N=N/C(=N\P)c1ccc2c(c1)nc(NCCCNC(=O)CCNCc1ccc(OC(F)(F)F)c(Cl)c1)c1ccncc12. The smallest absolute Gasteiger partial charge is 0.404 e. The van der Waals surface area contributed by atoms with Gasteiger partial charge in [0.05, 0.1) is 10.5 Å². The quantitative estimate of drug-likeness (QED) is 0.0384. The van der Waals surface area contributed by atoms with E-state index in [4.69, 9.17) is 22.1 Å². The normalized spacial score (nSPS) is 12.0. The lowest BCUT2D eigenvalue weighted by atomic mass is 10.1. The average molecular weight is 619 g/mol. The van der Waals surface area contributed by atoms with Crippen LogP contribution in [0.3, 0.4) is 0 Å². The molecule has 15 heteroatoms. The van der Waals surface area contributed by atoms with Gasteiger partial charge in [0.2, 0.25) is 5.91 Å². The number of carbonyl (C=O) groups is 1. The topological polar surface area (TPSA) is 137 Å². The predicted molar refractivity (Wildman–Crippen MR) is 159 cm³/mol. The number of anilines is 1. The lowest BCUT2D eigenvalue weighted by molar-refractivity contribution is -0.274. The van der Waals surface area contributed by atoms with Gasteiger partial charge in [0.1, 0.15) is 11.6 Å². The maximum atomic E-state index is 12.4. The van der Waals surface area contributed by atoms with Crippen LogP contribution in [-0.2, 0) is 11.3 Å². The van der Waals surface area contributed by atoms with Crippen LogP contribution in [0, 0.1) is 5.53 Å². The second-order valence-corrected chi connectivity index (χ2v) is 9.71. The van der Waals surface area contributed by atoms with Crippen LogP contribution in [-0.4, -0.2) is 47.7 Å². The first kappa shape index (κ1) is 31.0. The van der Waals surface area contributed by atoms with E-state index < -0.39 is 12.1 Å². The van der Waals surface area contributed by atoms with E-state index in [0.717, 1.165) is 22.2 Å². The molecule has 0 spiro atoms. The number of amides is 1. The largest absolute Gasteiger partial charge is 0.573 e. The summed E-state index contributed by atoms with van der Waals surface area (Å²) < 4.78 is 44.9. The summed E-state index contributed by atoms with van der Waals surface area (Å²) in [5.74, 6) is 0.355. The number of hydrogen-bond acceptors (Lipinski definition) is 8. The standard InChI is InChI=1S/C27H27ClF3N8O2P/c28-21-12-16(2-5-23(21)41-27(29,30)31)14-33-11-7-24(40)35-8-1-9-36-26-19-6-10-34-15-20(19)18-4-3-17(13-22(18)37-26)25(38-32)39-42/h2-6,10,12-13,15,32-33H,1,7-9,11,14,42H2,(H,35,40)(H,36,37)/b38-32?,39-25-. The number of carbonyl (C=O) groups excluding carboxylic acids is 1. The predicted octanol–water partition coefficient (Wildman–Crippen LogP) is 6.00. The Balaban J connectivity index is 1.23. The van der Waals surface area contributed by atoms with Crippen molar-refractivity contribution in [2.75, 3.05) is 25.0 Å². The zero-order chi connectivity index (χ0) is 30.1. The summed E-state index contributed by atoms with van der Waals surface area (Å²) in [7, 11) is 2.21. The molecular formula is C27H27ClF3N8O2P.